The lowest BCUT2D eigenvalue weighted by molar-refractivity contribution is -0.0757. The molecule has 0 aromatic heterocycles. The highest BCUT2D eigenvalue weighted by Crippen LogP contribution is 2.18. The molecule has 0 aliphatic carbocycles. The fourth-order valence-electron chi connectivity index (χ4n) is 2.48. The smallest absolute Gasteiger partial charge is 0.277 e. The van der Waals surface area contributed by atoms with Crippen molar-refractivity contribution in [3.63, 3.8) is 0 Å². The summed E-state index contributed by atoms with van der Waals surface area (Å²) in [4.78, 5) is 29.1. The average Bonchev–Trinajstić information content (AvgIpc) is 2.53. The molecule has 0 radical (unpaired) electrons. The monoisotopic (exact) mass is 305 g/mol. The molecule has 0 spiro atoms. The lowest BCUT2D eigenvalue weighted by Crippen LogP contribution is -2.52. The van der Waals surface area contributed by atoms with E-state index in [1.165, 1.54) is 7.11 Å². The molecule has 6 nitrogen and oxygen atoms in total. The molecule has 0 unspecified atom stereocenters. The van der Waals surface area contributed by atoms with Crippen LogP contribution in [0.5, 0.6) is 0 Å². The molecule has 120 valence electrons. The number of rotatable bonds is 4. The molecular formula is C16H23N3O3. The van der Waals surface area contributed by atoms with Gasteiger partial charge in [0.2, 0.25) is 0 Å². The van der Waals surface area contributed by atoms with Gasteiger partial charge < -0.3 is 10.6 Å². The van der Waals surface area contributed by atoms with Gasteiger partial charge in [-0.05, 0) is 57.1 Å². The van der Waals surface area contributed by atoms with E-state index in [2.05, 4.69) is 17.6 Å². The number of hydroxylamine groups is 2. The lowest BCUT2D eigenvalue weighted by atomic mass is 9.90. The average molecular weight is 305 g/mol. The summed E-state index contributed by atoms with van der Waals surface area (Å²) < 4.78 is 0. The molecule has 22 heavy (non-hydrogen) atoms. The maximum Gasteiger partial charge on any atom is 0.277 e. The second-order valence-corrected chi connectivity index (χ2v) is 5.83. The summed E-state index contributed by atoms with van der Waals surface area (Å²) in [6, 6.07) is 6.60. The first-order chi connectivity index (χ1) is 10.4. The topological polar surface area (TPSA) is 70.7 Å². The highest BCUT2D eigenvalue weighted by Gasteiger charge is 2.28. The summed E-state index contributed by atoms with van der Waals surface area (Å²) in [6.45, 7) is 3.89. The van der Waals surface area contributed by atoms with Gasteiger partial charge in [0.1, 0.15) is 0 Å². The van der Waals surface area contributed by atoms with Crippen molar-refractivity contribution < 1.29 is 14.4 Å². The Morgan fingerprint density at radius 2 is 1.73 bits per heavy atom. The van der Waals surface area contributed by atoms with Crippen LogP contribution in [0.2, 0.25) is 0 Å². The van der Waals surface area contributed by atoms with Gasteiger partial charge in [0, 0.05) is 23.7 Å². The predicted octanol–water partition coefficient (Wildman–Crippen LogP) is 1.19. The third kappa shape index (κ3) is 3.84. The first-order valence-corrected chi connectivity index (χ1v) is 7.41. The quantitative estimate of drug-likeness (QED) is 0.820. The van der Waals surface area contributed by atoms with Crippen molar-refractivity contribution in [3.05, 3.63) is 35.4 Å². The van der Waals surface area contributed by atoms with Gasteiger partial charge in [0.25, 0.3) is 11.8 Å². The molecule has 2 rings (SSSR count). The van der Waals surface area contributed by atoms with Gasteiger partial charge in [-0.2, -0.15) is 0 Å². The number of hydrogen-bond donors (Lipinski definition) is 2. The summed E-state index contributed by atoms with van der Waals surface area (Å²) in [5.41, 5.74) is 0.859. The fraction of sp³-hybridized carbons (Fsp3) is 0.500. The zero-order valence-corrected chi connectivity index (χ0v) is 13.3. The highest BCUT2D eigenvalue weighted by atomic mass is 16.7. The number of carbonyl (C=O) groups is 2. The molecule has 1 aliphatic rings. The molecule has 2 amide bonds. The van der Waals surface area contributed by atoms with Crippen molar-refractivity contribution in [2.45, 2.75) is 25.3 Å². The Labute approximate surface area is 130 Å². The number of amides is 2. The van der Waals surface area contributed by atoms with Gasteiger partial charge >= 0.3 is 0 Å². The van der Waals surface area contributed by atoms with Gasteiger partial charge in [-0.1, -0.05) is 0 Å². The van der Waals surface area contributed by atoms with E-state index in [1.54, 1.807) is 31.3 Å². The molecule has 1 aliphatic heterocycles. The maximum absolute atomic E-state index is 12.3. The summed E-state index contributed by atoms with van der Waals surface area (Å²) in [5.74, 6) is -0.358. The predicted molar refractivity (Wildman–Crippen MR) is 83.5 cm³/mol. The minimum Gasteiger partial charge on any atom is -0.347 e. The van der Waals surface area contributed by atoms with Crippen LogP contribution in [-0.4, -0.2) is 49.7 Å². The Morgan fingerprint density at radius 3 is 2.27 bits per heavy atom. The van der Waals surface area contributed by atoms with Crippen LogP contribution in [0.3, 0.4) is 0 Å². The minimum atomic E-state index is -0.250. The number of hydrogen-bond acceptors (Lipinski definition) is 4. The fourth-order valence-corrected chi connectivity index (χ4v) is 2.48. The second-order valence-electron chi connectivity index (χ2n) is 5.83. The molecule has 6 heteroatoms. The molecule has 1 aromatic carbocycles. The van der Waals surface area contributed by atoms with Gasteiger partial charge in [0.05, 0.1) is 7.11 Å². The Morgan fingerprint density at radius 1 is 1.18 bits per heavy atom. The van der Waals surface area contributed by atoms with E-state index in [9.17, 15) is 9.59 Å². The van der Waals surface area contributed by atoms with Crippen LogP contribution in [0.15, 0.2) is 24.3 Å². The van der Waals surface area contributed by atoms with Crippen molar-refractivity contribution in [2.24, 2.45) is 0 Å². The van der Waals surface area contributed by atoms with E-state index in [-0.39, 0.29) is 17.4 Å². The highest BCUT2D eigenvalue weighted by molar-refractivity contribution is 5.97. The van der Waals surface area contributed by atoms with Crippen molar-refractivity contribution in [2.75, 3.05) is 27.2 Å². The molecule has 0 saturated carbocycles. The molecule has 1 aromatic rings. The maximum atomic E-state index is 12.3. The van der Waals surface area contributed by atoms with E-state index in [1.807, 2.05) is 0 Å². The van der Waals surface area contributed by atoms with E-state index >= 15 is 0 Å². The zero-order chi connectivity index (χ0) is 16.2. The van der Waals surface area contributed by atoms with Gasteiger partial charge in [0.15, 0.2) is 0 Å². The first-order valence-electron chi connectivity index (χ1n) is 7.41. The molecule has 1 fully saturated rings. The van der Waals surface area contributed by atoms with Crippen LogP contribution in [0, 0.1) is 0 Å². The van der Waals surface area contributed by atoms with Gasteiger partial charge in [-0.3, -0.25) is 14.4 Å². The van der Waals surface area contributed by atoms with Gasteiger partial charge in [-0.15, -0.1) is 0 Å². The second kappa shape index (κ2) is 6.89. The van der Waals surface area contributed by atoms with E-state index in [0.29, 0.717) is 11.1 Å². The van der Waals surface area contributed by atoms with Crippen LogP contribution in [0.1, 0.15) is 40.5 Å². The SMILES string of the molecule is CON(C)C(=O)c1ccc(C(=O)NC2(C)CCNCC2)cc1. The Hall–Kier alpha value is -1.92. The lowest BCUT2D eigenvalue weighted by Gasteiger charge is -2.35. The van der Waals surface area contributed by atoms with Crippen molar-refractivity contribution >= 4 is 11.8 Å². The van der Waals surface area contributed by atoms with Crippen LogP contribution < -0.4 is 10.6 Å². The van der Waals surface area contributed by atoms with E-state index in [0.717, 1.165) is 31.0 Å². The number of piperidine rings is 1. The Bertz CT molecular complexity index is 536. The standard InChI is InChI=1S/C16H23N3O3/c1-16(8-10-17-11-9-16)18-14(20)12-4-6-13(7-5-12)15(21)19(2)22-3/h4-7,17H,8-11H2,1-3H3,(H,18,20). The van der Waals surface area contributed by atoms with E-state index in [4.69, 9.17) is 4.84 Å². The minimum absolute atomic E-state index is 0.108. The number of nitrogens with zero attached hydrogens (tertiary/aromatic N) is 1. The third-order valence-electron chi connectivity index (χ3n) is 4.08. The summed E-state index contributed by atoms with van der Waals surface area (Å²) in [6.07, 6.45) is 1.82. The van der Waals surface area contributed by atoms with Crippen LogP contribution in [-0.2, 0) is 4.84 Å². The Balaban J connectivity index is 2.03. The third-order valence-corrected chi connectivity index (χ3v) is 4.08. The molecule has 0 bridgehead atoms. The molecule has 0 atom stereocenters. The molecular weight excluding hydrogens is 282 g/mol. The van der Waals surface area contributed by atoms with Crippen molar-refractivity contribution in [1.82, 2.24) is 15.7 Å². The summed E-state index contributed by atoms with van der Waals surface area (Å²) >= 11 is 0. The van der Waals surface area contributed by atoms with Crippen LogP contribution >= 0.6 is 0 Å². The number of carbonyl (C=O) groups excluding carboxylic acids is 2. The van der Waals surface area contributed by atoms with Crippen LogP contribution in [0.25, 0.3) is 0 Å². The van der Waals surface area contributed by atoms with Crippen molar-refractivity contribution in [1.29, 1.82) is 0 Å². The molecule has 1 heterocycles. The summed E-state index contributed by atoms with van der Waals surface area (Å²) in [7, 11) is 2.97. The summed E-state index contributed by atoms with van der Waals surface area (Å²) in [5, 5.41) is 7.52. The van der Waals surface area contributed by atoms with Crippen LogP contribution in [0.4, 0.5) is 0 Å². The molecule has 1 saturated heterocycles. The number of nitrogens with one attached hydrogen (secondary N) is 2. The normalized spacial score (nSPS) is 16.9. The van der Waals surface area contributed by atoms with E-state index < -0.39 is 0 Å². The van der Waals surface area contributed by atoms with Gasteiger partial charge in [-0.25, -0.2) is 5.06 Å². The Kier molecular flexibility index (Phi) is 5.15. The first kappa shape index (κ1) is 16.5. The largest absolute Gasteiger partial charge is 0.347 e. The van der Waals surface area contributed by atoms with Crippen molar-refractivity contribution in [3.8, 4) is 0 Å². The zero-order valence-electron chi connectivity index (χ0n) is 13.3. The number of benzene rings is 1. The molecule has 2 N–H and O–H groups in total.